The van der Waals surface area contributed by atoms with Gasteiger partial charge in [-0.25, -0.2) is 4.39 Å². The summed E-state index contributed by atoms with van der Waals surface area (Å²) >= 11 is 0. The van der Waals surface area contributed by atoms with Crippen LogP contribution in [-0.4, -0.2) is 4.98 Å². The van der Waals surface area contributed by atoms with Crippen molar-refractivity contribution >= 4 is 5.69 Å². The number of pyridine rings is 1. The molecule has 0 bridgehead atoms. The van der Waals surface area contributed by atoms with E-state index in [1.807, 2.05) is 19.1 Å². The molecule has 0 unspecified atom stereocenters. The summed E-state index contributed by atoms with van der Waals surface area (Å²) in [7, 11) is 0. The Kier molecular flexibility index (Phi) is 3.15. The second-order valence-corrected chi connectivity index (χ2v) is 3.61. The molecule has 0 saturated carbocycles. The number of nitrogens with one attached hydrogen (secondary N) is 1. The Hall–Kier alpha value is -1.90. The lowest BCUT2D eigenvalue weighted by molar-refractivity contribution is 0.628. The van der Waals surface area contributed by atoms with Gasteiger partial charge in [0, 0.05) is 24.1 Å². The predicted molar refractivity (Wildman–Crippen MR) is 62.7 cm³/mol. The molecule has 1 N–H and O–H groups in total. The smallest absolute Gasteiger partial charge is 0.123 e. The molecule has 1 heterocycles. The van der Waals surface area contributed by atoms with E-state index in [4.69, 9.17) is 0 Å². The highest BCUT2D eigenvalue weighted by molar-refractivity contribution is 5.43. The van der Waals surface area contributed by atoms with Crippen LogP contribution in [0.2, 0.25) is 0 Å². The van der Waals surface area contributed by atoms with Crippen LogP contribution < -0.4 is 5.32 Å². The topological polar surface area (TPSA) is 24.9 Å². The zero-order valence-corrected chi connectivity index (χ0v) is 9.07. The van der Waals surface area contributed by atoms with Crippen LogP contribution in [0.4, 0.5) is 10.1 Å². The lowest BCUT2D eigenvalue weighted by Crippen LogP contribution is -2.02. The Morgan fingerprint density at radius 2 is 1.94 bits per heavy atom. The average molecular weight is 216 g/mol. The number of hydrogen-bond acceptors (Lipinski definition) is 2. The van der Waals surface area contributed by atoms with Crippen molar-refractivity contribution in [1.29, 1.82) is 0 Å². The third kappa shape index (κ3) is 2.57. The highest BCUT2D eigenvalue weighted by Gasteiger charge is 1.98. The van der Waals surface area contributed by atoms with Gasteiger partial charge < -0.3 is 5.32 Å². The van der Waals surface area contributed by atoms with Crippen molar-refractivity contribution in [3.63, 3.8) is 0 Å². The van der Waals surface area contributed by atoms with Crippen LogP contribution in [0.15, 0.2) is 42.6 Å². The van der Waals surface area contributed by atoms with E-state index in [-0.39, 0.29) is 5.82 Å². The van der Waals surface area contributed by atoms with Crippen molar-refractivity contribution in [3.8, 4) is 0 Å². The Morgan fingerprint density at radius 1 is 1.19 bits per heavy atom. The van der Waals surface area contributed by atoms with Crippen molar-refractivity contribution in [2.45, 2.75) is 13.5 Å². The number of nitrogens with zero attached hydrogens (tertiary/aromatic N) is 1. The first-order valence-electron chi connectivity index (χ1n) is 5.15. The summed E-state index contributed by atoms with van der Waals surface area (Å²) in [6.07, 6.45) is 1.77. The molecule has 0 amide bonds. The summed E-state index contributed by atoms with van der Waals surface area (Å²) in [4.78, 5) is 4.21. The predicted octanol–water partition coefficient (Wildman–Crippen LogP) is 3.14. The second-order valence-electron chi connectivity index (χ2n) is 3.61. The van der Waals surface area contributed by atoms with Gasteiger partial charge in [-0.1, -0.05) is 6.07 Å². The van der Waals surface area contributed by atoms with Gasteiger partial charge in [0.1, 0.15) is 5.82 Å². The molecule has 2 nitrogen and oxygen atoms in total. The van der Waals surface area contributed by atoms with E-state index in [1.165, 1.54) is 12.1 Å². The fourth-order valence-electron chi connectivity index (χ4n) is 1.47. The van der Waals surface area contributed by atoms with E-state index in [2.05, 4.69) is 10.3 Å². The van der Waals surface area contributed by atoms with Crippen LogP contribution in [0.1, 0.15) is 11.3 Å². The maximum Gasteiger partial charge on any atom is 0.123 e. The van der Waals surface area contributed by atoms with Crippen LogP contribution in [0.5, 0.6) is 0 Å². The third-order valence-corrected chi connectivity index (χ3v) is 2.44. The molecule has 1 aromatic heterocycles. The average Bonchev–Trinajstić information content (AvgIpc) is 2.30. The molecular weight excluding hydrogens is 203 g/mol. The first kappa shape index (κ1) is 10.6. The highest BCUT2D eigenvalue weighted by atomic mass is 19.1. The Bertz CT molecular complexity index is 466. The second kappa shape index (κ2) is 4.75. The molecule has 1 aromatic carbocycles. The molecule has 0 spiro atoms. The van der Waals surface area contributed by atoms with Gasteiger partial charge in [-0.05, 0) is 42.8 Å². The molecule has 0 radical (unpaired) electrons. The zero-order valence-electron chi connectivity index (χ0n) is 9.07. The number of aromatic nitrogens is 1. The Labute approximate surface area is 94.2 Å². The number of benzene rings is 1. The number of anilines is 1. The molecule has 0 atom stereocenters. The van der Waals surface area contributed by atoms with E-state index in [0.29, 0.717) is 6.54 Å². The normalized spacial score (nSPS) is 10.1. The summed E-state index contributed by atoms with van der Waals surface area (Å²) in [5.74, 6) is -0.219. The summed E-state index contributed by atoms with van der Waals surface area (Å²) in [6.45, 7) is 2.67. The van der Waals surface area contributed by atoms with E-state index >= 15 is 0 Å². The van der Waals surface area contributed by atoms with E-state index in [1.54, 1.807) is 18.3 Å². The van der Waals surface area contributed by atoms with Crippen molar-refractivity contribution in [3.05, 3.63) is 59.7 Å². The summed E-state index contributed by atoms with van der Waals surface area (Å²) in [5.41, 5.74) is 3.06. The number of hydrogen-bond donors (Lipinski definition) is 1. The largest absolute Gasteiger partial charge is 0.381 e. The molecule has 82 valence electrons. The first-order valence-corrected chi connectivity index (χ1v) is 5.15. The Balaban J connectivity index is 2.02. The lowest BCUT2D eigenvalue weighted by atomic mass is 10.2. The van der Waals surface area contributed by atoms with Crippen molar-refractivity contribution in [1.82, 2.24) is 4.98 Å². The quantitative estimate of drug-likeness (QED) is 0.852. The van der Waals surface area contributed by atoms with Gasteiger partial charge in [0.15, 0.2) is 0 Å². The van der Waals surface area contributed by atoms with E-state index in [0.717, 1.165) is 16.9 Å². The van der Waals surface area contributed by atoms with Gasteiger partial charge in [0.05, 0.1) is 0 Å². The van der Waals surface area contributed by atoms with E-state index < -0.39 is 0 Å². The minimum absolute atomic E-state index is 0.219. The number of aryl methyl sites for hydroxylation is 1. The van der Waals surface area contributed by atoms with Crippen molar-refractivity contribution in [2.75, 3.05) is 5.32 Å². The third-order valence-electron chi connectivity index (χ3n) is 2.44. The summed E-state index contributed by atoms with van der Waals surface area (Å²) in [5, 5.41) is 3.22. The van der Waals surface area contributed by atoms with E-state index in [9.17, 15) is 4.39 Å². The molecule has 0 aliphatic heterocycles. The maximum absolute atomic E-state index is 12.7. The Morgan fingerprint density at radius 3 is 2.62 bits per heavy atom. The van der Waals surface area contributed by atoms with Crippen molar-refractivity contribution < 1.29 is 4.39 Å². The molecule has 3 heteroatoms. The standard InChI is InChI=1S/C13H13FN2/c1-10-11(3-2-8-15-10)9-16-13-6-4-12(14)5-7-13/h2-8,16H,9H2,1H3. The van der Waals surface area contributed by atoms with Gasteiger partial charge in [0.25, 0.3) is 0 Å². The fourth-order valence-corrected chi connectivity index (χ4v) is 1.47. The molecular formula is C13H13FN2. The monoisotopic (exact) mass is 216 g/mol. The maximum atomic E-state index is 12.7. The SMILES string of the molecule is Cc1ncccc1CNc1ccc(F)cc1. The summed E-state index contributed by atoms with van der Waals surface area (Å²) in [6, 6.07) is 10.3. The van der Waals surface area contributed by atoms with Gasteiger partial charge >= 0.3 is 0 Å². The molecule has 0 aliphatic rings. The van der Waals surface area contributed by atoms with Gasteiger partial charge in [-0.2, -0.15) is 0 Å². The fraction of sp³-hybridized carbons (Fsp3) is 0.154. The molecule has 16 heavy (non-hydrogen) atoms. The molecule has 2 rings (SSSR count). The van der Waals surface area contributed by atoms with Crippen LogP contribution in [-0.2, 0) is 6.54 Å². The summed E-state index contributed by atoms with van der Waals surface area (Å²) < 4.78 is 12.7. The zero-order chi connectivity index (χ0) is 11.4. The number of rotatable bonds is 3. The first-order chi connectivity index (χ1) is 7.75. The van der Waals surface area contributed by atoms with Crippen LogP contribution in [0, 0.1) is 12.7 Å². The molecule has 2 aromatic rings. The van der Waals surface area contributed by atoms with Crippen LogP contribution in [0.3, 0.4) is 0 Å². The molecule has 0 aliphatic carbocycles. The van der Waals surface area contributed by atoms with Gasteiger partial charge in [-0.15, -0.1) is 0 Å². The number of halogens is 1. The lowest BCUT2D eigenvalue weighted by Gasteiger charge is -2.07. The highest BCUT2D eigenvalue weighted by Crippen LogP contribution is 2.11. The van der Waals surface area contributed by atoms with Gasteiger partial charge in [-0.3, -0.25) is 4.98 Å². The van der Waals surface area contributed by atoms with Crippen molar-refractivity contribution in [2.24, 2.45) is 0 Å². The van der Waals surface area contributed by atoms with Crippen LogP contribution >= 0.6 is 0 Å². The minimum atomic E-state index is -0.219. The van der Waals surface area contributed by atoms with Crippen LogP contribution in [0.25, 0.3) is 0 Å². The minimum Gasteiger partial charge on any atom is -0.381 e. The molecule has 0 saturated heterocycles. The van der Waals surface area contributed by atoms with Gasteiger partial charge in [0.2, 0.25) is 0 Å². The molecule has 0 fully saturated rings.